The molecule has 0 saturated carbocycles. The summed E-state index contributed by atoms with van der Waals surface area (Å²) in [5.41, 5.74) is 1.98. The molecule has 3 aromatic rings. The second kappa shape index (κ2) is 7.90. The molecule has 3 heterocycles. The first-order valence-corrected chi connectivity index (χ1v) is 9.31. The van der Waals surface area contributed by atoms with E-state index >= 15 is 0 Å². The first-order valence-electron chi connectivity index (χ1n) is 8.90. The molecule has 5 nitrogen and oxygen atoms in total. The third kappa shape index (κ3) is 3.59. The van der Waals surface area contributed by atoms with Crippen LogP contribution >= 0.6 is 12.2 Å². The molecule has 2 aromatic heterocycles. The third-order valence-corrected chi connectivity index (χ3v) is 5.06. The Kier molecular flexibility index (Phi) is 5.18. The lowest BCUT2D eigenvalue weighted by atomic mass is 10.0. The van der Waals surface area contributed by atoms with Crippen molar-refractivity contribution in [2.45, 2.75) is 12.1 Å². The minimum Gasteiger partial charge on any atom is -0.459 e. The second-order valence-electron chi connectivity index (χ2n) is 6.38. The highest BCUT2D eigenvalue weighted by atomic mass is 32.1. The molecule has 1 aromatic carbocycles. The fraction of sp³-hybridized carbons (Fsp3) is 0.238. The van der Waals surface area contributed by atoms with Gasteiger partial charge in [0.15, 0.2) is 5.11 Å². The van der Waals surface area contributed by atoms with Crippen molar-refractivity contribution < 1.29 is 9.15 Å². The Morgan fingerprint density at radius 1 is 1.11 bits per heavy atom. The summed E-state index contributed by atoms with van der Waals surface area (Å²) in [5.74, 6) is 1.70. The highest BCUT2D eigenvalue weighted by molar-refractivity contribution is 7.80. The number of nitrogens with one attached hydrogen (secondary N) is 1. The molecule has 0 aliphatic carbocycles. The molecule has 0 amide bonds. The number of furan rings is 1. The maximum atomic E-state index is 6.25. The van der Waals surface area contributed by atoms with Gasteiger partial charge in [-0.1, -0.05) is 36.4 Å². The molecule has 6 heteroatoms. The van der Waals surface area contributed by atoms with E-state index in [-0.39, 0.29) is 12.1 Å². The topological polar surface area (TPSA) is 50.5 Å². The standard InChI is InChI=1S/C21H21N3O2S/c1-25-14-13-24-20(19(23-21(24)27)16-9-5-6-12-22-16)18-11-10-17(26-18)15-7-3-2-4-8-15/h2-12,19-20H,13-14H2,1H3,(H,23,27)/t19-,20+/m1/s1. The van der Waals surface area contributed by atoms with Crippen molar-refractivity contribution in [2.75, 3.05) is 20.3 Å². The van der Waals surface area contributed by atoms with Crippen LogP contribution in [-0.2, 0) is 4.74 Å². The lowest BCUT2D eigenvalue weighted by molar-refractivity contribution is 0.158. The van der Waals surface area contributed by atoms with Crippen molar-refractivity contribution in [3.05, 3.63) is 78.3 Å². The van der Waals surface area contributed by atoms with E-state index in [1.807, 2.05) is 60.7 Å². The van der Waals surface area contributed by atoms with E-state index in [4.69, 9.17) is 21.4 Å². The van der Waals surface area contributed by atoms with Gasteiger partial charge in [0.2, 0.25) is 0 Å². The van der Waals surface area contributed by atoms with E-state index in [0.717, 1.165) is 22.8 Å². The Morgan fingerprint density at radius 3 is 2.67 bits per heavy atom. The van der Waals surface area contributed by atoms with Crippen LogP contribution in [0.1, 0.15) is 23.5 Å². The quantitative estimate of drug-likeness (QED) is 0.654. The van der Waals surface area contributed by atoms with E-state index in [0.29, 0.717) is 18.3 Å². The SMILES string of the molecule is COCCN1C(=S)N[C@H](c2ccccn2)[C@@H]1c1ccc(-c2ccccc2)o1. The summed E-state index contributed by atoms with van der Waals surface area (Å²) >= 11 is 5.60. The normalized spacial score (nSPS) is 19.3. The second-order valence-corrected chi connectivity index (χ2v) is 6.77. The number of pyridine rings is 1. The summed E-state index contributed by atoms with van der Waals surface area (Å²) in [7, 11) is 1.69. The highest BCUT2D eigenvalue weighted by Gasteiger charge is 2.41. The Labute approximate surface area is 164 Å². The first-order chi connectivity index (χ1) is 13.3. The first kappa shape index (κ1) is 17.7. The number of methoxy groups -OCH3 is 1. The number of ether oxygens (including phenoxy) is 1. The third-order valence-electron chi connectivity index (χ3n) is 4.71. The van der Waals surface area contributed by atoms with Crippen molar-refractivity contribution in [1.82, 2.24) is 15.2 Å². The monoisotopic (exact) mass is 379 g/mol. The van der Waals surface area contributed by atoms with Gasteiger partial charge in [0.05, 0.1) is 18.3 Å². The molecular formula is C21H21N3O2S. The molecule has 138 valence electrons. The van der Waals surface area contributed by atoms with Gasteiger partial charge >= 0.3 is 0 Å². The van der Waals surface area contributed by atoms with Crippen LogP contribution in [0.2, 0.25) is 0 Å². The Morgan fingerprint density at radius 2 is 1.93 bits per heavy atom. The van der Waals surface area contributed by atoms with Gasteiger partial charge in [-0.25, -0.2) is 0 Å². The number of hydrogen-bond donors (Lipinski definition) is 1. The molecule has 1 fully saturated rings. The van der Waals surface area contributed by atoms with Gasteiger partial charge < -0.3 is 19.4 Å². The smallest absolute Gasteiger partial charge is 0.170 e. The van der Waals surface area contributed by atoms with Crippen molar-refractivity contribution in [3.8, 4) is 11.3 Å². The lowest BCUT2D eigenvalue weighted by Gasteiger charge is -2.25. The molecule has 1 aliphatic rings. The Hall–Kier alpha value is -2.70. The van der Waals surface area contributed by atoms with Crippen molar-refractivity contribution in [3.63, 3.8) is 0 Å². The van der Waals surface area contributed by atoms with Crippen molar-refractivity contribution in [2.24, 2.45) is 0 Å². The van der Waals surface area contributed by atoms with E-state index < -0.39 is 0 Å². The van der Waals surface area contributed by atoms with Crippen LogP contribution in [-0.4, -0.2) is 35.3 Å². The number of aromatic nitrogens is 1. The molecule has 0 bridgehead atoms. The van der Waals surface area contributed by atoms with Crippen LogP contribution in [0.25, 0.3) is 11.3 Å². The van der Waals surface area contributed by atoms with Gasteiger partial charge in [0.1, 0.15) is 17.6 Å². The van der Waals surface area contributed by atoms with Gasteiger partial charge in [-0.2, -0.15) is 0 Å². The molecule has 2 atom stereocenters. The predicted octanol–water partition coefficient (Wildman–Crippen LogP) is 3.96. The number of hydrogen-bond acceptors (Lipinski definition) is 4. The predicted molar refractivity (Wildman–Crippen MR) is 108 cm³/mol. The fourth-order valence-corrected chi connectivity index (χ4v) is 3.75. The highest BCUT2D eigenvalue weighted by Crippen LogP contribution is 2.40. The number of rotatable bonds is 6. The van der Waals surface area contributed by atoms with Crippen LogP contribution in [0.3, 0.4) is 0 Å². The molecule has 4 rings (SSSR count). The minimum absolute atomic E-state index is 0.0784. The zero-order valence-electron chi connectivity index (χ0n) is 15.0. The van der Waals surface area contributed by atoms with Crippen LogP contribution < -0.4 is 5.32 Å². The van der Waals surface area contributed by atoms with Crippen LogP contribution in [0.15, 0.2) is 71.3 Å². The number of nitrogens with zero attached hydrogens (tertiary/aromatic N) is 2. The molecule has 0 spiro atoms. The van der Waals surface area contributed by atoms with E-state index in [2.05, 4.69) is 15.2 Å². The molecular weight excluding hydrogens is 358 g/mol. The van der Waals surface area contributed by atoms with Gasteiger partial charge in [-0.15, -0.1) is 0 Å². The lowest BCUT2D eigenvalue weighted by Crippen LogP contribution is -2.32. The summed E-state index contributed by atoms with van der Waals surface area (Å²) in [6.07, 6.45) is 1.80. The van der Waals surface area contributed by atoms with E-state index in [9.17, 15) is 0 Å². The maximum Gasteiger partial charge on any atom is 0.170 e. The summed E-state index contributed by atoms with van der Waals surface area (Å²) in [6.45, 7) is 1.26. The minimum atomic E-state index is -0.0833. The molecule has 1 N–H and O–H groups in total. The van der Waals surface area contributed by atoms with Crippen molar-refractivity contribution >= 4 is 17.3 Å². The zero-order valence-corrected chi connectivity index (χ0v) is 15.9. The van der Waals surface area contributed by atoms with Crippen LogP contribution in [0.4, 0.5) is 0 Å². The van der Waals surface area contributed by atoms with Gasteiger partial charge in [-0.3, -0.25) is 4.98 Å². The Balaban J connectivity index is 1.70. The average molecular weight is 379 g/mol. The average Bonchev–Trinajstić information content (AvgIpc) is 3.32. The van der Waals surface area contributed by atoms with Crippen molar-refractivity contribution in [1.29, 1.82) is 0 Å². The molecule has 1 aliphatic heterocycles. The van der Waals surface area contributed by atoms with Crippen LogP contribution in [0.5, 0.6) is 0 Å². The number of thiocarbonyl (C=S) groups is 1. The zero-order chi connectivity index (χ0) is 18.6. The largest absolute Gasteiger partial charge is 0.459 e. The molecule has 0 radical (unpaired) electrons. The van der Waals surface area contributed by atoms with Gasteiger partial charge in [-0.05, 0) is 36.5 Å². The van der Waals surface area contributed by atoms with Crippen LogP contribution in [0, 0.1) is 0 Å². The summed E-state index contributed by atoms with van der Waals surface area (Å²) in [6, 6.07) is 19.9. The fourth-order valence-electron chi connectivity index (χ4n) is 3.41. The summed E-state index contributed by atoms with van der Waals surface area (Å²) in [5, 5.41) is 4.09. The molecule has 0 unspecified atom stereocenters. The van der Waals surface area contributed by atoms with Gasteiger partial charge in [0, 0.05) is 25.4 Å². The Bertz CT molecular complexity index is 898. The number of benzene rings is 1. The maximum absolute atomic E-state index is 6.25. The van der Waals surface area contributed by atoms with Gasteiger partial charge in [0.25, 0.3) is 0 Å². The molecule has 1 saturated heterocycles. The van der Waals surface area contributed by atoms with E-state index in [1.165, 1.54) is 0 Å². The summed E-state index contributed by atoms with van der Waals surface area (Å²) < 4.78 is 11.5. The van der Waals surface area contributed by atoms with E-state index in [1.54, 1.807) is 13.3 Å². The molecule has 27 heavy (non-hydrogen) atoms. The summed E-state index contributed by atoms with van der Waals surface area (Å²) in [4.78, 5) is 6.65.